The average Bonchev–Trinajstić information content (AvgIpc) is 2.41. The zero-order valence-corrected chi connectivity index (χ0v) is 12.8. The Bertz CT molecular complexity index is 537. The third-order valence-electron chi connectivity index (χ3n) is 2.42. The van der Waals surface area contributed by atoms with Crippen LogP contribution in [0.4, 0.5) is 10.5 Å². The number of hydrogen-bond donors (Lipinski definition) is 2. The maximum atomic E-state index is 12.2. The molecule has 1 rings (SSSR count). The molecule has 0 saturated carbocycles. The first-order chi connectivity index (χ1) is 10.2. The summed E-state index contributed by atoms with van der Waals surface area (Å²) in [6.45, 7) is 4.33. The number of hydrogen-bond acceptors (Lipinski definition) is 4. The number of carboxylic acids is 1. The fourth-order valence-electron chi connectivity index (χ4n) is 1.56. The van der Waals surface area contributed by atoms with Crippen LogP contribution in [0.25, 0.3) is 0 Å². The number of carbonyl (C=O) groups is 3. The second kappa shape index (κ2) is 7.44. The van der Waals surface area contributed by atoms with Crippen molar-refractivity contribution in [2.45, 2.75) is 26.4 Å². The Morgan fingerprint density at radius 2 is 1.77 bits per heavy atom. The number of benzene rings is 1. The Hall–Kier alpha value is -2.57. The molecule has 22 heavy (non-hydrogen) atoms. The van der Waals surface area contributed by atoms with Crippen LogP contribution in [0, 0.1) is 0 Å². The summed E-state index contributed by atoms with van der Waals surface area (Å²) in [7, 11) is 0. The molecule has 0 fully saturated rings. The van der Waals surface area contributed by atoms with E-state index in [1.54, 1.807) is 51.1 Å². The first-order valence-electron chi connectivity index (χ1n) is 6.73. The summed E-state index contributed by atoms with van der Waals surface area (Å²) in [6, 6.07) is 8.55. The van der Waals surface area contributed by atoms with Gasteiger partial charge in [0.1, 0.15) is 18.7 Å². The van der Waals surface area contributed by atoms with Gasteiger partial charge in [0.25, 0.3) is 0 Å². The zero-order chi connectivity index (χ0) is 16.8. The van der Waals surface area contributed by atoms with Gasteiger partial charge in [-0.3, -0.25) is 14.5 Å². The number of nitrogens with one attached hydrogen (secondary N) is 1. The van der Waals surface area contributed by atoms with E-state index in [1.165, 1.54) is 0 Å². The minimum Gasteiger partial charge on any atom is -0.480 e. The molecule has 7 heteroatoms. The van der Waals surface area contributed by atoms with Gasteiger partial charge in [0, 0.05) is 5.69 Å². The van der Waals surface area contributed by atoms with E-state index in [-0.39, 0.29) is 6.54 Å². The van der Waals surface area contributed by atoms with Crippen LogP contribution < -0.4 is 10.2 Å². The molecule has 0 aliphatic carbocycles. The predicted molar refractivity (Wildman–Crippen MR) is 80.7 cm³/mol. The molecule has 0 aliphatic rings. The largest absolute Gasteiger partial charge is 0.480 e. The normalized spacial score (nSPS) is 10.7. The number of amides is 2. The number of carboxylic acid groups (broad SMARTS) is 1. The van der Waals surface area contributed by atoms with Crippen LogP contribution in [-0.2, 0) is 14.3 Å². The van der Waals surface area contributed by atoms with E-state index in [0.29, 0.717) is 5.69 Å². The van der Waals surface area contributed by atoms with E-state index in [0.717, 1.165) is 4.90 Å². The van der Waals surface area contributed by atoms with Crippen molar-refractivity contribution in [3.8, 4) is 0 Å². The van der Waals surface area contributed by atoms with Gasteiger partial charge in [-0.15, -0.1) is 0 Å². The maximum Gasteiger partial charge on any atom is 0.415 e. The van der Waals surface area contributed by atoms with Gasteiger partial charge in [0.15, 0.2) is 0 Å². The van der Waals surface area contributed by atoms with Gasteiger partial charge in [-0.25, -0.2) is 4.79 Å². The lowest BCUT2D eigenvalue weighted by molar-refractivity contribution is -0.137. The Labute approximate surface area is 128 Å². The van der Waals surface area contributed by atoms with Crippen LogP contribution in [0.5, 0.6) is 0 Å². The second-order valence-electron chi connectivity index (χ2n) is 5.57. The second-order valence-corrected chi connectivity index (χ2v) is 5.57. The monoisotopic (exact) mass is 308 g/mol. The quantitative estimate of drug-likeness (QED) is 0.862. The summed E-state index contributed by atoms with van der Waals surface area (Å²) < 4.78 is 5.27. The summed E-state index contributed by atoms with van der Waals surface area (Å²) in [5.74, 6) is -1.74. The first-order valence-corrected chi connectivity index (χ1v) is 6.73. The molecule has 2 N–H and O–H groups in total. The SMILES string of the molecule is CC(C)(C)OC(=O)N(CC(=O)NCC(=O)O)c1ccccc1. The molecule has 0 saturated heterocycles. The van der Waals surface area contributed by atoms with Gasteiger partial charge < -0.3 is 15.2 Å². The van der Waals surface area contributed by atoms with Crippen molar-refractivity contribution in [3.63, 3.8) is 0 Å². The molecule has 7 nitrogen and oxygen atoms in total. The highest BCUT2D eigenvalue weighted by Crippen LogP contribution is 2.17. The number of nitrogens with zero attached hydrogens (tertiary/aromatic N) is 1. The number of ether oxygens (including phenoxy) is 1. The van der Waals surface area contributed by atoms with Crippen molar-refractivity contribution in [1.82, 2.24) is 5.32 Å². The van der Waals surface area contributed by atoms with Crippen molar-refractivity contribution in [3.05, 3.63) is 30.3 Å². The van der Waals surface area contributed by atoms with Crippen molar-refractivity contribution < 1.29 is 24.2 Å². The van der Waals surface area contributed by atoms with Crippen molar-refractivity contribution in [2.75, 3.05) is 18.0 Å². The fraction of sp³-hybridized carbons (Fsp3) is 0.400. The molecule has 0 bridgehead atoms. The molecule has 1 aromatic rings. The van der Waals surface area contributed by atoms with Gasteiger partial charge in [0.2, 0.25) is 5.91 Å². The Morgan fingerprint density at radius 1 is 1.18 bits per heavy atom. The van der Waals surface area contributed by atoms with E-state index in [1.807, 2.05) is 0 Å². The minimum atomic E-state index is -1.16. The lowest BCUT2D eigenvalue weighted by atomic mass is 10.2. The maximum absolute atomic E-state index is 12.2. The van der Waals surface area contributed by atoms with E-state index < -0.39 is 30.1 Å². The number of aliphatic carboxylic acids is 1. The highest BCUT2D eigenvalue weighted by atomic mass is 16.6. The number of para-hydroxylation sites is 1. The summed E-state index contributed by atoms with van der Waals surface area (Å²) in [6.07, 6.45) is -0.677. The molecule has 0 aliphatic heterocycles. The van der Waals surface area contributed by atoms with Crippen LogP contribution in [0.15, 0.2) is 30.3 Å². The van der Waals surface area contributed by atoms with Crippen LogP contribution in [-0.4, -0.2) is 41.8 Å². The van der Waals surface area contributed by atoms with E-state index in [9.17, 15) is 14.4 Å². The third-order valence-corrected chi connectivity index (χ3v) is 2.42. The standard InChI is InChI=1S/C15H20N2O5/c1-15(2,3)22-14(21)17(11-7-5-4-6-8-11)10-12(18)16-9-13(19)20/h4-8H,9-10H2,1-3H3,(H,16,18)(H,19,20). The molecule has 0 aromatic heterocycles. The molecule has 0 atom stereocenters. The smallest absolute Gasteiger partial charge is 0.415 e. The van der Waals surface area contributed by atoms with E-state index in [2.05, 4.69) is 5.32 Å². The van der Waals surface area contributed by atoms with E-state index in [4.69, 9.17) is 9.84 Å². The molecule has 0 heterocycles. The Balaban J connectivity index is 2.86. The minimum absolute atomic E-state index is 0.327. The third kappa shape index (κ3) is 6.25. The molecule has 120 valence electrons. The summed E-state index contributed by atoms with van der Waals surface area (Å²) >= 11 is 0. The first kappa shape index (κ1) is 17.5. The molecular weight excluding hydrogens is 288 g/mol. The van der Waals surface area contributed by atoms with Gasteiger partial charge in [-0.2, -0.15) is 0 Å². The number of rotatable bonds is 5. The number of anilines is 1. The van der Waals surface area contributed by atoms with Gasteiger partial charge in [0.05, 0.1) is 0 Å². The van der Waals surface area contributed by atoms with Crippen LogP contribution in [0.1, 0.15) is 20.8 Å². The van der Waals surface area contributed by atoms with Crippen LogP contribution in [0.3, 0.4) is 0 Å². The van der Waals surface area contributed by atoms with Gasteiger partial charge in [-0.05, 0) is 32.9 Å². The lowest BCUT2D eigenvalue weighted by Gasteiger charge is -2.27. The van der Waals surface area contributed by atoms with Gasteiger partial charge >= 0.3 is 12.1 Å². The highest BCUT2D eigenvalue weighted by molar-refractivity contribution is 5.95. The topological polar surface area (TPSA) is 95.9 Å². The molecule has 0 unspecified atom stereocenters. The van der Waals surface area contributed by atoms with E-state index >= 15 is 0 Å². The summed E-state index contributed by atoms with van der Waals surface area (Å²) in [4.78, 5) is 35.6. The number of carbonyl (C=O) groups excluding carboxylic acids is 2. The highest BCUT2D eigenvalue weighted by Gasteiger charge is 2.25. The fourth-order valence-corrected chi connectivity index (χ4v) is 1.56. The van der Waals surface area contributed by atoms with Gasteiger partial charge in [-0.1, -0.05) is 18.2 Å². The van der Waals surface area contributed by atoms with Crippen molar-refractivity contribution in [2.24, 2.45) is 0 Å². The van der Waals surface area contributed by atoms with Crippen molar-refractivity contribution >= 4 is 23.7 Å². The Kier molecular flexibility index (Phi) is 5.91. The Morgan fingerprint density at radius 3 is 2.27 bits per heavy atom. The molecule has 0 spiro atoms. The zero-order valence-electron chi connectivity index (χ0n) is 12.8. The van der Waals surface area contributed by atoms with Crippen LogP contribution in [0.2, 0.25) is 0 Å². The molecule has 1 aromatic carbocycles. The lowest BCUT2D eigenvalue weighted by Crippen LogP contribution is -2.44. The summed E-state index contributed by atoms with van der Waals surface area (Å²) in [5, 5.41) is 10.8. The predicted octanol–water partition coefficient (Wildman–Crippen LogP) is 1.63. The average molecular weight is 308 g/mol. The summed E-state index contributed by atoms with van der Waals surface area (Å²) in [5.41, 5.74) is -0.219. The molecule has 2 amide bonds. The molecular formula is C15H20N2O5. The molecule has 0 radical (unpaired) electrons. The van der Waals surface area contributed by atoms with Crippen LogP contribution >= 0.6 is 0 Å². The van der Waals surface area contributed by atoms with Crippen molar-refractivity contribution in [1.29, 1.82) is 0 Å².